The summed E-state index contributed by atoms with van der Waals surface area (Å²) in [7, 11) is 1.33. The van der Waals surface area contributed by atoms with Crippen molar-refractivity contribution in [2.45, 2.75) is 19.9 Å². The van der Waals surface area contributed by atoms with Crippen molar-refractivity contribution < 1.29 is 36.7 Å². The number of oxazole rings is 1. The predicted molar refractivity (Wildman–Crippen MR) is 93.3 cm³/mol. The fourth-order valence-corrected chi connectivity index (χ4v) is 2.98. The zero-order chi connectivity index (χ0) is 17.4. The average molecular weight is 473 g/mol. The number of carbonyl (C=O) groups is 1. The van der Waals surface area contributed by atoms with E-state index in [1.165, 1.54) is 7.11 Å². The summed E-state index contributed by atoms with van der Waals surface area (Å²) >= 11 is 3.51. The fourth-order valence-electron chi connectivity index (χ4n) is 2.50. The number of rotatable bonds is 4. The molecule has 0 radical (unpaired) electrons. The Morgan fingerprint density at radius 1 is 1.40 bits per heavy atom. The second-order valence-electron chi connectivity index (χ2n) is 5.94. The molecule has 25 heavy (non-hydrogen) atoms. The van der Waals surface area contributed by atoms with E-state index < -0.39 is 5.97 Å². The summed E-state index contributed by atoms with van der Waals surface area (Å²) in [4.78, 5) is 19.7. The molecule has 2 aromatic heterocycles. The number of nitrogens with zero attached hydrogens (tertiary/aromatic N) is 1. The minimum absolute atomic E-state index is 0. The summed E-state index contributed by atoms with van der Waals surface area (Å²) in [5.41, 5.74) is 5.94. The second-order valence-corrected chi connectivity index (χ2v) is 6.79. The summed E-state index contributed by atoms with van der Waals surface area (Å²) in [5, 5.41) is 0.933. The van der Waals surface area contributed by atoms with Gasteiger partial charge in [0.05, 0.1) is 12.6 Å². The van der Waals surface area contributed by atoms with Gasteiger partial charge >= 0.3 is 5.97 Å². The Kier molecular flexibility index (Phi) is 6.08. The predicted octanol–water partition coefficient (Wildman–Crippen LogP) is 0.315. The number of fused-ring (bicyclic) bond motifs is 1. The number of esters is 1. The van der Waals surface area contributed by atoms with Crippen molar-refractivity contribution in [1.82, 2.24) is 9.97 Å². The van der Waals surface area contributed by atoms with Crippen LogP contribution in [0.5, 0.6) is 0 Å². The minimum atomic E-state index is -0.527. The molecule has 134 valence electrons. The molecule has 0 amide bonds. The number of aromatic nitrogens is 2. The first-order valence-corrected chi connectivity index (χ1v) is 8.41. The van der Waals surface area contributed by atoms with Gasteiger partial charge in [-0.25, -0.2) is 9.78 Å². The topological polar surface area (TPSA) is 95.8 Å². The SMILES string of the molecule is COC(=O)c1nc([C@@H]([NH3+])C(C)C)oc1-c1c[nH]c2c(Br)cccc12.[Br-]. The van der Waals surface area contributed by atoms with Crippen molar-refractivity contribution in [2.24, 2.45) is 5.92 Å². The van der Waals surface area contributed by atoms with E-state index in [0.717, 1.165) is 20.9 Å². The normalized spacial score (nSPS) is 12.2. The number of carbonyl (C=O) groups excluding carboxylic acids is 1. The monoisotopic (exact) mass is 471 g/mol. The quantitative estimate of drug-likeness (QED) is 0.534. The molecule has 0 spiro atoms. The minimum Gasteiger partial charge on any atom is -1.00 e. The van der Waals surface area contributed by atoms with Crippen LogP contribution in [0.25, 0.3) is 22.2 Å². The van der Waals surface area contributed by atoms with Crippen LogP contribution in [0.3, 0.4) is 0 Å². The van der Waals surface area contributed by atoms with Gasteiger partial charge in [0, 0.05) is 27.5 Å². The van der Waals surface area contributed by atoms with E-state index in [1.807, 2.05) is 32.0 Å². The number of ether oxygens (including phenoxy) is 1. The number of benzene rings is 1. The summed E-state index contributed by atoms with van der Waals surface area (Å²) < 4.78 is 11.7. The highest BCUT2D eigenvalue weighted by Gasteiger charge is 2.29. The third-order valence-electron chi connectivity index (χ3n) is 4.05. The number of H-pyrrole nitrogens is 1. The van der Waals surface area contributed by atoms with Crippen molar-refractivity contribution >= 4 is 32.8 Å². The van der Waals surface area contributed by atoms with E-state index in [1.54, 1.807) is 6.20 Å². The van der Waals surface area contributed by atoms with Gasteiger partial charge in [0.15, 0.2) is 17.5 Å². The molecule has 4 N–H and O–H groups in total. The van der Waals surface area contributed by atoms with Gasteiger partial charge in [0.25, 0.3) is 5.89 Å². The Hall–Kier alpha value is -1.64. The van der Waals surface area contributed by atoms with Crippen molar-refractivity contribution in [1.29, 1.82) is 0 Å². The molecule has 3 rings (SSSR count). The number of hydrogen-bond acceptors (Lipinski definition) is 4. The highest BCUT2D eigenvalue weighted by Crippen LogP contribution is 2.36. The maximum absolute atomic E-state index is 12.2. The molecule has 0 aliphatic carbocycles. The number of nitrogens with one attached hydrogen (secondary N) is 1. The van der Waals surface area contributed by atoms with Gasteiger partial charge in [-0.15, -0.1) is 0 Å². The lowest BCUT2D eigenvalue weighted by atomic mass is 10.1. The lowest BCUT2D eigenvalue weighted by Crippen LogP contribution is -3.00. The van der Waals surface area contributed by atoms with Crippen LogP contribution >= 0.6 is 15.9 Å². The molecule has 0 bridgehead atoms. The fraction of sp³-hybridized carbons (Fsp3) is 0.294. The van der Waals surface area contributed by atoms with E-state index in [-0.39, 0.29) is 34.6 Å². The molecule has 3 aromatic rings. The number of quaternary nitrogens is 1. The van der Waals surface area contributed by atoms with Crippen LogP contribution in [-0.2, 0) is 4.74 Å². The standard InChI is InChI=1S/C17H18BrN3O3.BrH/c1-8(2)12(19)16-21-14(17(22)23-3)15(24-16)10-7-20-13-9(10)5-4-6-11(13)18;/h4-8,12,20H,19H2,1-3H3;1H/t12-;/m0./s1. The Balaban J connectivity index is 0.00000225. The van der Waals surface area contributed by atoms with Crippen LogP contribution in [0.1, 0.15) is 36.3 Å². The molecular formula is C17H19Br2N3O3. The van der Waals surface area contributed by atoms with Crippen LogP contribution in [0.2, 0.25) is 0 Å². The van der Waals surface area contributed by atoms with Gasteiger partial charge < -0.3 is 36.9 Å². The van der Waals surface area contributed by atoms with Crippen LogP contribution in [-0.4, -0.2) is 23.0 Å². The second kappa shape index (κ2) is 7.72. The number of hydrogen-bond donors (Lipinski definition) is 2. The van der Waals surface area contributed by atoms with Crippen molar-refractivity contribution in [3.63, 3.8) is 0 Å². The third kappa shape index (κ3) is 3.51. The Bertz CT molecular complexity index is 902. The van der Waals surface area contributed by atoms with Gasteiger partial charge in [0.2, 0.25) is 0 Å². The summed E-state index contributed by atoms with van der Waals surface area (Å²) in [6, 6.07) is 5.68. The van der Waals surface area contributed by atoms with Gasteiger partial charge in [-0.2, -0.15) is 0 Å². The smallest absolute Gasteiger partial charge is 0.360 e. The first-order chi connectivity index (χ1) is 11.4. The Morgan fingerprint density at radius 3 is 2.76 bits per heavy atom. The Labute approximate surface area is 164 Å². The van der Waals surface area contributed by atoms with Crippen LogP contribution in [0.15, 0.2) is 33.3 Å². The van der Waals surface area contributed by atoms with Crippen LogP contribution in [0, 0.1) is 5.92 Å². The number of halogens is 2. The molecule has 1 aromatic carbocycles. The van der Waals surface area contributed by atoms with Crippen molar-refractivity contribution in [2.75, 3.05) is 7.11 Å². The van der Waals surface area contributed by atoms with Gasteiger partial charge in [-0.3, -0.25) is 0 Å². The number of aromatic amines is 1. The van der Waals surface area contributed by atoms with Crippen LogP contribution in [0.4, 0.5) is 0 Å². The van der Waals surface area contributed by atoms with Gasteiger partial charge in [-0.1, -0.05) is 26.0 Å². The van der Waals surface area contributed by atoms with Gasteiger partial charge in [-0.05, 0) is 22.0 Å². The molecule has 8 heteroatoms. The summed E-state index contributed by atoms with van der Waals surface area (Å²) in [6.07, 6.45) is 1.81. The van der Waals surface area contributed by atoms with E-state index >= 15 is 0 Å². The third-order valence-corrected chi connectivity index (χ3v) is 4.71. The number of methoxy groups -OCH3 is 1. The zero-order valence-electron chi connectivity index (χ0n) is 14.1. The molecule has 2 heterocycles. The Morgan fingerprint density at radius 2 is 2.12 bits per heavy atom. The lowest BCUT2D eigenvalue weighted by Gasteiger charge is -2.06. The van der Waals surface area contributed by atoms with E-state index in [4.69, 9.17) is 9.15 Å². The van der Waals surface area contributed by atoms with E-state index in [9.17, 15) is 4.79 Å². The first kappa shape index (κ1) is 19.7. The summed E-state index contributed by atoms with van der Waals surface area (Å²) in [5.74, 6) is 0.541. The average Bonchev–Trinajstić information content (AvgIpc) is 3.17. The van der Waals surface area contributed by atoms with Gasteiger partial charge in [0.1, 0.15) is 0 Å². The maximum Gasteiger partial charge on any atom is 0.360 e. The zero-order valence-corrected chi connectivity index (χ0v) is 17.3. The molecule has 0 unspecified atom stereocenters. The maximum atomic E-state index is 12.2. The molecule has 0 aliphatic rings. The van der Waals surface area contributed by atoms with Crippen LogP contribution < -0.4 is 22.7 Å². The largest absolute Gasteiger partial charge is 1.00 e. The molecule has 0 fully saturated rings. The lowest BCUT2D eigenvalue weighted by molar-refractivity contribution is -0.443. The molecular weight excluding hydrogens is 454 g/mol. The van der Waals surface area contributed by atoms with Crippen molar-refractivity contribution in [3.8, 4) is 11.3 Å². The molecule has 0 saturated carbocycles. The number of para-hydroxylation sites is 1. The van der Waals surface area contributed by atoms with Crippen molar-refractivity contribution in [3.05, 3.63) is 40.5 Å². The highest BCUT2D eigenvalue weighted by atomic mass is 79.9. The molecule has 0 saturated heterocycles. The van der Waals surface area contributed by atoms with E-state index in [2.05, 4.69) is 31.6 Å². The molecule has 1 atom stereocenters. The molecule has 0 aliphatic heterocycles. The van der Waals surface area contributed by atoms with E-state index in [0.29, 0.717) is 11.7 Å². The molecule has 6 nitrogen and oxygen atoms in total. The first-order valence-electron chi connectivity index (χ1n) is 7.62. The highest BCUT2D eigenvalue weighted by molar-refractivity contribution is 9.10. The summed E-state index contributed by atoms with van der Waals surface area (Å²) in [6.45, 7) is 4.06.